The summed E-state index contributed by atoms with van der Waals surface area (Å²) >= 11 is 0. The Labute approximate surface area is 161 Å². The minimum absolute atomic E-state index is 0.180. The number of carbonyl (C=O) groups excluding carboxylic acids is 4. The van der Waals surface area contributed by atoms with E-state index in [9.17, 15) is 24.0 Å². The zero-order valence-electron chi connectivity index (χ0n) is 15.6. The molecular formula is C16H27N5O7. The van der Waals surface area contributed by atoms with Gasteiger partial charge < -0.3 is 37.2 Å². The lowest BCUT2D eigenvalue weighted by Gasteiger charge is -2.27. The average molecular weight is 401 g/mol. The second kappa shape index (κ2) is 10.6. The van der Waals surface area contributed by atoms with Crippen LogP contribution in [-0.2, 0) is 24.0 Å². The summed E-state index contributed by atoms with van der Waals surface area (Å²) in [5, 5.41) is 22.8. The Bertz CT molecular complexity index is 627. The van der Waals surface area contributed by atoms with Gasteiger partial charge in [-0.15, -0.1) is 0 Å². The third kappa shape index (κ3) is 6.46. The predicted octanol–water partition coefficient (Wildman–Crippen LogP) is -3.36. The van der Waals surface area contributed by atoms with Crippen LogP contribution >= 0.6 is 0 Å². The molecule has 12 heteroatoms. The summed E-state index contributed by atoms with van der Waals surface area (Å²) in [6, 6.07) is -4.36. The molecule has 4 atom stereocenters. The highest BCUT2D eigenvalue weighted by atomic mass is 16.4. The highest BCUT2D eigenvalue weighted by Gasteiger charge is 2.37. The second-order valence-corrected chi connectivity index (χ2v) is 6.61. The largest absolute Gasteiger partial charge is 0.480 e. The molecule has 8 N–H and O–H groups in total. The van der Waals surface area contributed by atoms with Crippen LogP contribution in [0.25, 0.3) is 0 Å². The molecule has 158 valence electrons. The average Bonchev–Trinajstić information content (AvgIpc) is 3.12. The molecule has 1 fully saturated rings. The van der Waals surface area contributed by atoms with Crippen LogP contribution in [0.5, 0.6) is 0 Å². The van der Waals surface area contributed by atoms with E-state index in [2.05, 4.69) is 10.6 Å². The Hall–Kier alpha value is -2.73. The van der Waals surface area contributed by atoms with Crippen molar-refractivity contribution < 1.29 is 34.2 Å². The van der Waals surface area contributed by atoms with Crippen molar-refractivity contribution in [1.82, 2.24) is 15.5 Å². The maximum Gasteiger partial charge on any atom is 0.326 e. The summed E-state index contributed by atoms with van der Waals surface area (Å²) < 4.78 is 0. The second-order valence-electron chi connectivity index (χ2n) is 6.61. The topological polar surface area (TPSA) is 205 Å². The molecule has 0 bridgehead atoms. The Morgan fingerprint density at radius 3 is 2.39 bits per heavy atom. The first kappa shape index (κ1) is 23.3. The van der Waals surface area contributed by atoms with Gasteiger partial charge in [0, 0.05) is 13.0 Å². The minimum atomic E-state index is -1.33. The zero-order valence-corrected chi connectivity index (χ0v) is 15.6. The highest BCUT2D eigenvalue weighted by Crippen LogP contribution is 2.18. The Kier molecular flexibility index (Phi) is 8.79. The van der Waals surface area contributed by atoms with E-state index in [-0.39, 0.29) is 12.8 Å². The van der Waals surface area contributed by atoms with Crippen LogP contribution in [-0.4, -0.2) is 82.0 Å². The lowest BCUT2D eigenvalue weighted by molar-refractivity contribution is -0.143. The van der Waals surface area contributed by atoms with Crippen molar-refractivity contribution in [2.24, 2.45) is 11.5 Å². The number of aliphatic carboxylic acids is 1. The number of rotatable bonds is 10. The number of hydrogen-bond donors (Lipinski definition) is 6. The normalized spacial score (nSPS) is 19.4. The van der Waals surface area contributed by atoms with Gasteiger partial charge in [-0.2, -0.15) is 0 Å². The maximum atomic E-state index is 12.5. The van der Waals surface area contributed by atoms with E-state index in [1.54, 1.807) is 0 Å². The molecule has 0 aromatic heterocycles. The molecule has 0 spiro atoms. The standard InChI is InChI=1S/C16H27N5O7/c1-8(13(24)20-10(16(27)28)4-5-12(18)23)19-14(25)11-3-2-6-21(11)15(26)9(17)7-22/h8-11,22H,2-7,17H2,1H3,(H2,18,23)(H,19,25)(H,20,24)(H,27,28)/t8-,9-,10-,11-/m0/s1. The molecule has 1 aliphatic heterocycles. The molecule has 0 aromatic rings. The van der Waals surface area contributed by atoms with Gasteiger partial charge in [0.2, 0.25) is 23.6 Å². The van der Waals surface area contributed by atoms with E-state index < -0.39 is 60.4 Å². The number of likely N-dealkylation sites (tertiary alicyclic amines) is 1. The van der Waals surface area contributed by atoms with E-state index in [0.717, 1.165) is 0 Å². The van der Waals surface area contributed by atoms with E-state index >= 15 is 0 Å². The predicted molar refractivity (Wildman–Crippen MR) is 95.4 cm³/mol. The highest BCUT2D eigenvalue weighted by molar-refractivity contribution is 5.94. The molecule has 0 aromatic carbocycles. The van der Waals surface area contributed by atoms with Crippen LogP contribution in [0, 0.1) is 0 Å². The van der Waals surface area contributed by atoms with Gasteiger partial charge in [0.15, 0.2) is 0 Å². The summed E-state index contributed by atoms with van der Waals surface area (Å²) in [7, 11) is 0. The molecular weight excluding hydrogens is 374 g/mol. The quantitative estimate of drug-likeness (QED) is 0.217. The van der Waals surface area contributed by atoms with Crippen LogP contribution in [0.2, 0.25) is 0 Å². The number of nitrogens with one attached hydrogen (secondary N) is 2. The third-order valence-electron chi connectivity index (χ3n) is 4.40. The zero-order chi connectivity index (χ0) is 21.4. The molecule has 1 aliphatic rings. The van der Waals surface area contributed by atoms with Crippen molar-refractivity contribution in [2.75, 3.05) is 13.2 Å². The van der Waals surface area contributed by atoms with Crippen molar-refractivity contribution >= 4 is 29.6 Å². The number of hydrogen-bond acceptors (Lipinski definition) is 7. The van der Waals surface area contributed by atoms with Crippen molar-refractivity contribution in [3.8, 4) is 0 Å². The van der Waals surface area contributed by atoms with Gasteiger partial charge in [-0.25, -0.2) is 4.79 Å². The van der Waals surface area contributed by atoms with Crippen molar-refractivity contribution in [3.05, 3.63) is 0 Å². The van der Waals surface area contributed by atoms with Crippen molar-refractivity contribution in [2.45, 2.75) is 56.8 Å². The van der Waals surface area contributed by atoms with E-state index in [1.807, 2.05) is 0 Å². The number of aliphatic hydroxyl groups is 1. The van der Waals surface area contributed by atoms with Crippen LogP contribution in [0.4, 0.5) is 0 Å². The van der Waals surface area contributed by atoms with Gasteiger partial charge in [0.25, 0.3) is 0 Å². The first-order valence-corrected chi connectivity index (χ1v) is 8.87. The summed E-state index contributed by atoms with van der Waals surface area (Å²) in [6.07, 6.45) is 0.542. The molecule has 4 amide bonds. The number of carboxylic acid groups (broad SMARTS) is 1. The SMILES string of the molecule is C[C@H](NC(=O)[C@@H]1CCCN1C(=O)[C@@H](N)CO)C(=O)N[C@@H](CCC(N)=O)C(=O)O. The van der Waals surface area contributed by atoms with E-state index in [4.69, 9.17) is 21.7 Å². The monoisotopic (exact) mass is 401 g/mol. The summed E-state index contributed by atoms with van der Waals surface area (Å²) in [5.74, 6) is -3.93. The number of carboxylic acids is 1. The third-order valence-corrected chi connectivity index (χ3v) is 4.40. The molecule has 1 heterocycles. The Morgan fingerprint density at radius 1 is 1.21 bits per heavy atom. The van der Waals surface area contributed by atoms with Gasteiger partial charge in [-0.05, 0) is 26.2 Å². The molecule has 0 radical (unpaired) electrons. The fourth-order valence-corrected chi connectivity index (χ4v) is 2.81. The summed E-state index contributed by atoms with van der Waals surface area (Å²) in [5.41, 5.74) is 10.5. The van der Waals surface area contributed by atoms with E-state index in [0.29, 0.717) is 19.4 Å². The molecule has 0 unspecified atom stereocenters. The van der Waals surface area contributed by atoms with Crippen LogP contribution in [0.15, 0.2) is 0 Å². The first-order chi connectivity index (χ1) is 13.1. The molecule has 28 heavy (non-hydrogen) atoms. The number of primary amides is 1. The maximum absolute atomic E-state index is 12.5. The number of amides is 4. The number of nitrogens with two attached hydrogens (primary N) is 2. The lowest BCUT2D eigenvalue weighted by Crippen LogP contribution is -2.56. The van der Waals surface area contributed by atoms with Gasteiger partial charge in [-0.3, -0.25) is 19.2 Å². The fourth-order valence-electron chi connectivity index (χ4n) is 2.81. The van der Waals surface area contributed by atoms with Gasteiger partial charge in [0.1, 0.15) is 24.2 Å². The lowest BCUT2D eigenvalue weighted by atomic mass is 10.1. The molecule has 0 aliphatic carbocycles. The van der Waals surface area contributed by atoms with Gasteiger partial charge >= 0.3 is 5.97 Å². The fraction of sp³-hybridized carbons (Fsp3) is 0.688. The number of carbonyl (C=O) groups is 5. The van der Waals surface area contributed by atoms with E-state index in [1.165, 1.54) is 11.8 Å². The Balaban J connectivity index is 2.66. The molecule has 1 rings (SSSR count). The molecule has 0 saturated carbocycles. The summed E-state index contributed by atoms with van der Waals surface area (Å²) in [6.45, 7) is 1.12. The number of nitrogens with zero attached hydrogens (tertiary/aromatic N) is 1. The molecule has 12 nitrogen and oxygen atoms in total. The molecule has 1 saturated heterocycles. The van der Waals surface area contributed by atoms with Gasteiger partial charge in [0.05, 0.1) is 6.61 Å². The van der Waals surface area contributed by atoms with Crippen molar-refractivity contribution in [1.29, 1.82) is 0 Å². The number of aliphatic hydroxyl groups excluding tert-OH is 1. The Morgan fingerprint density at radius 2 is 1.86 bits per heavy atom. The van der Waals surface area contributed by atoms with Crippen LogP contribution in [0.1, 0.15) is 32.6 Å². The smallest absolute Gasteiger partial charge is 0.326 e. The van der Waals surface area contributed by atoms with Crippen molar-refractivity contribution in [3.63, 3.8) is 0 Å². The van der Waals surface area contributed by atoms with Crippen LogP contribution < -0.4 is 22.1 Å². The van der Waals surface area contributed by atoms with Gasteiger partial charge in [-0.1, -0.05) is 0 Å². The minimum Gasteiger partial charge on any atom is -0.480 e. The summed E-state index contributed by atoms with van der Waals surface area (Å²) in [4.78, 5) is 60.0. The van der Waals surface area contributed by atoms with Crippen LogP contribution in [0.3, 0.4) is 0 Å². The first-order valence-electron chi connectivity index (χ1n) is 8.87.